The van der Waals surface area contributed by atoms with Gasteiger partial charge in [0.2, 0.25) is 0 Å². The molecule has 4 rings (SSSR count). The normalized spacial score (nSPS) is 15.7. The van der Waals surface area contributed by atoms with Gasteiger partial charge in [-0.25, -0.2) is 0 Å². The highest BCUT2D eigenvalue weighted by molar-refractivity contribution is 5.66. The van der Waals surface area contributed by atoms with Gasteiger partial charge < -0.3 is 10.1 Å². The van der Waals surface area contributed by atoms with Gasteiger partial charge in [-0.15, -0.1) is 5.10 Å². The molecule has 0 unspecified atom stereocenters. The molecule has 1 saturated heterocycles. The Morgan fingerprint density at radius 1 is 1.08 bits per heavy atom. The molecule has 0 aliphatic carbocycles. The molecule has 3 aromatic rings. The van der Waals surface area contributed by atoms with Crippen molar-refractivity contribution in [3.8, 4) is 11.1 Å². The van der Waals surface area contributed by atoms with Gasteiger partial charge in [-0.2, -0.15) is 4.52 Å². The first-order valence-electron chi connectivity index (χ1n) is 8.67. The number of benzene rings is 1. The van der Waals surface area contributed by atoms with E-state index in [0.29, 0.717) is 0 Å². The van der Waals surface area contributed by atoms with Crippen molar-refractivity contribution in [2.24, 2.45) is 0 Å². The summed E-state index contributed by atoms with van der Waals surface area (Å²) < 4.78 is 7.13. The van der Waals surface area contributed by atoms with E-state index in [0.717, 1.165) is 68.3 Å². The van der Waals surface area contributed by atoms with E-state index in [-0.39, 0.29) is 0 Å². The highest BCUT2D eigenvalue weighted by atomic mass is 16.5. The zero-order valence-electron chi connectivity index (χ0n) is 14.1. The van der Waals surface area contributed by atoms with Crippen molar-refractivity contribution in [2.45, 2.75) is 6.54 Å². The van der Waals surface area contributed by atoms with E-state index >= 15 is 0 Å². The van der Waals surface area contributed by atoms with Gasteiger partial charge in [0, 0.05) is 50.0 Å². The van der Waals surface area contributed by atoms with Gasteiger partial charge >= 0.3 is 0 Å². The quantitative estimate of drug-likeness (QED) is 0.682. The van der Waals surface area contributed by atoms with Crippen LogP contribution in [0.2, 0.25) is 0 Å². The number of ether oxygens (including phenoxy) is 1. The van der Waals surface area contributed by atoms with Crippen molar-refractivity contribution >= 4 is 5.65 Å². The van der Waals surface area contributed by atoms with Crippen molar-refractivity contribution in [1.29, 1.82) is 0 Å². The van der Waals surface area contributed by atoms with Crippen LogP contribution in [0, 0.1) is 0 Å². The van der Waals surface area contributed by atoms with E-state index in [1.165, 1.54) is 0 Å². The molecule has 7 nitrogen and oxygen atoms in total. The fraction of sp³-hybridized carbons (Fsp3) is 0.389. The number of hydrogen-bond acceptors (Lipinski definition) is 6. The Morgan fingerprint density at radius 3 is 2.76 bits per heavy atom. The minimum Gasteiger partial charge on any atom is -0.379 e. The van der Waals surface area contributed by atoms with E-state index in [2.05, 4.69) is 43.9 Å². The Kier molecular flexibility index (Phi) is 4.96. The lowest BCUT2D eigenvalue weighted by Crippen LogP contribution is -2.40. The smallest absolute Gasteiger partial charge is 0.183 e. The predicted octanol–water partition coefficient (Wildman–Crippen LogP) is 1.21. The molecule has 0 atom stereocenters. The monoisotopic (exact) mass is 338 g/mol. The number of nitrogens with one attached hydrogen (secondary N) is 1. The zero-order chi connectivity index (χ0) is 16.9. The lowest BCUT2D eigenvalue weighted by molar-refractivity contribution is 0.0384. The molecule has 1 aliphatic rings. The van der Waals surface area contributed by atoms with Crippen LogP contribution in [0.15, 0.2) is 42.6 Å². The van der Waals surface area contributed by atoms with Crippen LogP contribution in [0.3, 0.4) is 0 Å². The molecule has 0 spiro atoms. The largest absolute Gasteiger partial charge is 0.379 e. The van der Waals surface area contributed by atoms with Crippen molar-refractivity contribution in [2.75, 3.05) is 39.4 Å². The van der Waals surface area contributed by atoms with E-state index < -0.39 is 0 Å². The summed E-state index contributed by atoms with van der Waals surface area (Å²) in [5.41, 5.74) is 4.19. The van der Waals surface area contributed by atoms with Gasteiger partial charge in [0.25, 0.3) is 0 Å². The highest BCUT2D eigenvalue weighted by Gasteiger charge is 2.11. The van der Waals surface area contributed by atoms with Gasteiger partial charge in [0.15, 0.2) is 5.65 Å². The maximum absolute atomic E-state index is 5.38. The zero-order valence-corrected chi connectivity index (χ0v) is 14.1. The Balaban J connectivity index is 1.45. The molecule has 1 aliphatic heterocycles. The number of morpholine rings is 1. The molecule has 25 heavy (non-hydrogen) atoms. The average Bonchev–Trinajstić information content (AvgIpc) is 3.15. The first kappa shape index (κ1) is 16.1. The summed E-state index contributed by atoms with van der Waals surface area (Å²) in [6.07, 6.45) is 1.97. The van der Waals surface area contributed by atoms with Crippen molar-refractivity contribution < 1.29 is 4.74 Å². The SMILES string of the molecule is c1ccc(-c2cc(CNCCN3CCOCC3)c3nnnn3c2)cc1. The molecule has 0 saturated carbocycles. The van der Waals surface area contributed by atoms with Crippen LogP contribution < -0.4 is 5.32 Å². The molecular formula is C18H22N6O. The molecule has 0 radical (unpaired) electrons. The lowest BCUT2D eigenvalue weighted by Gasteiger charge is -2.26. The number of aromatic nitrogens is 4. The second-order valence-corrected chi connectivity index (χ2v) is 6.20. The molecule has 3 heterocycles. The molecule has 1 aromatic carbocycles. The first-order chi connectivity index (χ1) is 12.4. The third-order valence-electron chi connectivity index (χ3n) is 4.50. The van der Waals surface area contributed by atoms with Gasteiger partial charge in [0.05, 0.1) is 13.2 Å². The third kappa shape index (κ3) is 3.84. The summed E-state index contributed by atoms with van der Waals surface area (Å²) in [5, 5.41) is 15.6. The van der Waals surface area contributed by atoms with Crippen molar-refractivity contribution in [3.05, 3.63) is 48.2 Å². The van der Waals surface area contributed by atoms with Gasteiger partial charge in [-0.3, -0.25) is 4.90 Å². The summed E-state index contributed by atoms with van der Waals surface area (Å²) in [5.74, 6) is 0. The second kappa shape index (κ2) is 7.69. The average molecular weight is 338 g/mol. The lowest BCUT2D eigenvalue weighted by atomic mass is 10.1. The molecule has 130 valence electrons. The molecule has 1 N–H and O–H groups in total. The maximum Gasteiger partial charge on any atom is 0.183 e. The van der Waals surface area contributed by atoms with Gasteiger partial charge in [-0.05, 0) is 22.1 Å². The Hall–Kier alpha value is -2.35. The number of hydrogen-bond donors (Lipinski definition) is 1. The minimum atomic E-state index is 0.745. The molecule has 7 heteroatoms. The van der Waals surface area contributed by atoms with Crippen LogP contribution in [0.25, 0.3) is 16.8 Å². The van der Waals surface area contributed by atoms with Crippen LogP contribution >= 0.6 is 0 Å². The van der Waals surface area contributed by atoms with Crippen molar-refractivity contribution in [1.82, 2.24) is 30.3 Å². The van der Waals surface area contributed by atoms with E-state index in [1.54, 1.807) is 4.52 Å². The van der Waals surface area contributed by atoms with E-state index in [1.807, 2.05) is 24.4 Å². The maximum atomic E-state index is 5.38. The summed E-state index contributed by atoms with van der Waals surface area (Å²) in [4.78, 5) is 2.42. The number of nitrogens with zero attached hydrogens (tertiary/aromatic N) is 5. The number of fused-ring (bicyclic) bond motifs is 1. The number of tetrazole rings is 1. The summed E-state index contributed by atoms with van der Waals surface area (Å²) in [7, 11) is 0. The minimum absolute atomic E-state index is 0.745. The topological polar surface area (TPSA) is 67.6 Å². The predicted molar refractivity (Wildman–Crippen MR) is 95.2 cm³/mol. The van der Waals surface area contributed by atoms with Gasteiger partial charge in [0.1, 0.15) is 0 Å². The van der Waals surface area contributed by atoms with Crippen LogP contribution in [0.4, 0.5) is 0 Å². The fourth-order valence-corrected chi connectivity index (χ4v) is 3.12. The molecule has 0 bridgehead atoms. The molecule has 0 amide bonds. The van der Waals surface area contributed by atoms with Crippen molar-refractivity contribution in [3.63, 3.8) is 0 Å². The fourth-order valence-electron chi connectivity index (χ4n) is 3.12. The van der Waals surface area contributed by atoms with Crippen LogP contribution in [-0.2, 0) is 11.3 Å². The van der Waals surface area contributed by atoms with Gasteiger partial charge in [-0.1, -0.05) is 30.3 Å². The van der Waals surface area contributed by atoms with E-state index in [4.69, 9.17) is 4.74 Å². The number of pyridine rings is 1. The standard InChI is InChI=1S/C18H22N6O/c1-2-4-15(5-3-1)17-12-16(18-20-21-22-24(18)14-17)13-19-6-7-23-8-10-25-11-9-23/h1-5,12,14,19H,6-11,13H2. The number of rotatable bonds is 6. The highest BCUT2D eigenvalue weighted by Crippen LogP contribution is 2.21. The molecule has 1 fully saturated rings. The van der Waals surface area contributed by atoms with Crippen LogP contribution in [0.5, 0.6) is 0 Å². The van der Waals surface area contributed by atoms with Crippen LogP contribution in [0.1, 0.15) is 5.56 Å². The summed E-state index contributed by atoms with van der Waals surface area (Å²) >= 11 is 0. The summed E-state index contributed by atoms with van der Waals surface area (Å²) in [6, 6.07) is 12.5. The van der Waals surface area contributed by atoms with Crippen LogP contribution in [-0.4, -0.2) is 64.3 Å². The first-order valence-corrected chi connectivity index (χ1v) is 8.67. The molecule has 2 aromatic heterocycles. The third-order valence-corrected chi connectivity index (χ3v) is 4.50. The second-order valence-electron chi connectivity index (χ2n) is 6.20. The molecular weight excluding hydrogens is 316 g/mol. The Morgan fingerprint density at radius 2 is 1.92 bits per heavy atom. The van der Waals surface area contributed by atoms with E-state index in [9.17, 15) is 0 Å². The summed E-state index contributed by atoms with van der Waals surface area (Å²) in [6.45, 7) is 6.42. The Bertz CT molecular complexity index is 813. The Labute approximate surface area is 146 Å².